The van der Waals surface area contributed by atoms with E-state index in [4.69, 9.17) is 5.73 Å². The van der Waals surface area contributed by atoms with E-state index < -0.39 is 5.91 Å². The third-order valence-corrected chi connectivity index (χ3v) is 5.12. The molecule has 2 heterocycles. The van der Waals surface area contributed by atoms with E-state index >= 15 is 0 Å². The van der Waals surface area contributed by atoms with E-state index in [1.807, 2.05) is 13.0 Å². The zero-order valence-corrected chi connectivity index (χ0v) is 16.3. The number of hydrogen-bond donors (Lipinski definition) is 4. The molecule has 1 unspecified atom stereocenters. The van der Waals surface area contributed by atoms with E-state index in [2.05, 4.69) is 42.1 Å². The summed E-state index contributed by atoms with van der Waals surface area (Å²) < 4.78 is 4.18. The Labute approximate surface area is 166 Å². The molecule has 1 fully saturated rings. The number of nitrogens with one attached hydrogen (secondary N) is 3. The Bertz CT molecular complexity index is 884. The van der Waals surface area contributed by atoms with E-state index in [-0.39, 0.29) is 35.5 Å². The third kappa shape index (κ3) is 5.00. The second-order valence-electron chi connectivity index (χ2n) is 6.57. The first-order valence-electron chi connectivity index (χ1n) is 8.89. The Morgan fingerprint density at radius 3 is 2.79 bits per heavy atom. The quantitative estimate of drug-likeness (QED) is 0.509. The number of carbonyl (C=O) groups excluding carboxylic acids is 2. The molecule has 0 radical (unpaired) electrons. The second-order valence-corrected chi connectivity index (χ2v) is 7.38. The number of nitrogens with two attached hydrogens (primary N) is 1. The van der Waals surface area contributed by atoms with Gasteiger partial charge in [0.2, 0.25) is 11.9 Å². The molecule has 148 valence electrons. The summed E-state index contributed by atoms with van der Waals surface area (Å²) in [4.78, 5) is 27.6. The number of nitrogens with zero attached hydrogens (tertiary/aromatic N) is 4. The lowest BCUT2D eigenvalue weighted by Gasteiger charge is -2.30. The first-order chi connectivity index (χ1) is 13.4. The van der Waals surface area contributed by atoms with Crippen LogP contribution in [0, 0.1) is 6.92 Å². The van der Waals surface area contributed by atoms with Crippen LogP contribution >= 0.6 is 11.5 Å². The molecule has 5 N–H and O–H groups in total. The van der Waals surface area contributed by atoms with Crippen molar-refractivity contribution in [2.75, 3.05) is 10.6 Å². The number of amides is 2. The predicted octanol–water partition coefficient (Wildman–Crippen LogP) is 1.50. The van der Waals surface area contributed by atoms with E-state index in [0.29, 0.717) is 0 Å². The van der Waals surface area contributed by atoms with Crippen molar-refractivity contribution in [3.05, 3.63) is 30.1 Å². The van der Waals surface area contributed by atoms with E-state index in [0.717, 1.165) is 36.4 Å². The maximum absolute atomic E-state index is 11.7. The Balaban J connectivity index is 1.73. The minimum absolute atomic E-state index is 0.0450. The van der Waals surface area contributed by atoms with Gasteiger partial charge in [0.1, 0.15) is 5.00 Å². The molecule has 0 aromatic carbocycles. The largest absolute Gasteiger partial charge is 0.364 e. The van der Waals surface area contributed by atoms with Crippen molar-refractivity contribution < 1.29 is 9.59 Å². The normalized spacial score (nSPS) is 18.9. The van der Waals surface area contributed by atoms with Crippen LogP contribution in [0.5, 0.6) is 0 Å². The van der Waals surface area contributed by atoms with Crippen LogP contribution in [0.1, 0.15) is 41.9 Å². The number of aromatic nitrogens is 4. The third-order valence-electron chi connectivity index (χ3n) is 4.33. The molecule has 1 aliphatic rings. The SMILES string of the molecule is C=CC(=O)NC1CCC[C@@H](Nc2nnc(C(N)=O)c(Nc3cc(C)ns3)n2)C1. The highest BCUT2D eigenvalue weighted by atomic mass is 32.1. The van der Waals surface area contributed by atoms with Crippen molar-refractivity contribution in [2.45, 2.75) is 44.7 Å². The summed E-state index contributed by atoms with van der Waals surface area (Å²) in [6.45, 7) is 5.34. The number of aryl methyl sites for hydroxylation is 1. The maximum Gasteiger partial charge on any atom is 0.273 e. The summed E-state index contributed by atoms with van der Waals surface area (Å²) in [5.74, 6) is -0.392. The van der Waals surface area contributed by atoms with Gasteiger partial charge in [-0.3, -0.25) is 9.59 Å². The van der Waals surface area contributed by atoms with Crippen LogP contribution in [-0.2, 0) is 4.79 Å². The van der Waals surface area contributed by atoms with Crippen LogP contribution in [0.3, 0.4) is 0 Å². The molecule has 2 aromatic heterocycles. The molecule has 11 heteroatoms. The molecular formula is C17H22N8O2S. The first-order valence-corrected chi connectivity index (χ1v) is 9.66. The maximum atomic E-state index is 11.7. The van der Waals surface area contributed by atoms with Gasteiger partial charge in [0.05, 0.1) is 5.69 Å². The number of rotatable bonds is 7. The van der Waals surface area contributed by atoms with Gasteiger partial charge in [0.15, 0.2) is 11.5 Å². The number of hydrogen-bond acceptors (Lipinski definition) is 9. The molecule has 2 atom stereocenters. The van der Waals surface area contributed by atoms with Gasteiger partial charge in [-0.05, 0) is 56.3 Å². The van der Waals surface area contributed by atoms with Crippen LogP contribution in [0.2, 0.25) is 0 Å². The topological polar surface area (TPSA) is 148 Å². The van der Waals surface area contributed by atoms with E-state index in [1.54, 1.807) is 0 Å². The molecule has 1 aliphatic carbocycles. The lowest BCUT2D eigenvalue weighted by atomic mass is 9.91. The Hall–Kier alpha value is -3.08. The molecular weight excluding hydrogens is 380 g/mol. The summed E-state index contributed by atoms with van der Waals surface area (Å²) >= 11 is 1.24. The summed E-state index contributed by atoms with van der Waals surface area (Å²) in [7, 11) is 0. The summed E-state index contributed by atoms with van der Waals surface area (Å²) in [6, 6.07) is 1.97. The Morgan fingerprint density at radius 1 is 1.32 bits per heavy atom. The van der Waals surface area contributed by atoms with Gasteiger partial charge in [-0.15, -0.1) is 10.2 Å². The zero-order chi connectivity index (χ0) is 20.1. The molecule has 10 nitrogen and oxygen atoms in total. The fourth-order valence-corrected chi connectivity index (χ4v) is 3.73. The second kappa shape index (κ2) is 8.74. The Morgan fingerprint density at radius 2 is 2.11 bits per heavy atom. The monoisotopic (exact) mass is 402 g/mol. The van der Waals surface area contributed by atoms with Crippen LogP contribution < -0.4 is 21.7 Å². The van der Waals surface area contributed by atoms with Crippen molar-refractivity contribution in [1.82, 2.24) is 24.9 Å². The molecule has 28 heavy (non-hydrogen) atoms. The van der Waals surface area contributed by atoms with Gasteiger partial charge in [-0.2, -0.15) is 9.36 Å². The fraction of sp³-hybridized carbons (Fsp3) is 0.412. The Kier molecular flexibility index (Phi) is 6.14. The van der Waals surface area contributed by atoms with Crippen molar-refractivity contribution in [2.24, 2.45) is 5.73 Å². The number of primary amides is 1. The van der Waals surface area contributed by atoms with Crippen molar-refractivity contribution in [3.63, 3.8) is 0 Å². The van der Waals surface area contributed by atoms with Gasteiger partial charge < -0.3 is 21.7 Å². The van der Waals surface area contributed by atoms with Gasteiger partial charge in [0, 0.05) is 12.1 Å². The van der Waals surface area contributed by atoms with Crippen molar-refractivity contribution in [3.8, 4) is 0 Å². The molecule has 0 aliphatic heterocycles. The number of anilines is 3. The van der Waals surface area contributed by atoms with E-state index in [9.17, 15) is 9.59 Å². The summed E-state index contributed by atoms with van der Waals surface area (Å²) in [5, 5.41) is 17.8. The highest BCUT2D eigenvalue weighted by Crippen LogP contribution is 2.24. The van der Waals surface area contributed by atoms with Gasteiger partial charge >= 0.3 is 0 Å². The first kappa shape index (κ1) is 19.7. The lowest BCUT2D eigenvalue weighted by molar-refractivity contribution is -0.117. The van der Waals surface area contributed by atoms with E-state index in [1.165, 1.54) is 17.6 Å². The highest BCUT2D eigenvalue weighted by Gasteiger charge is 2.24. The van der Waals surface area contributed by atoms with Gasteiger partial charge in [0.25, 0.3) is 5.91 Å². The minimum atomic E-state index is -0.722. The minimum Gasteiger partial charge on any atom is -0.364 e. The molecule has 3 rings (SSSR count). The van der Waals surface area contributed by atoms with Crippen LogP contribution in [0.15, 0.2) is 18.7 Å². The zero-order valence-electron chi connectivity index (χ0n) is 15.4. The van der Waals surface area contributed by atoms with Gasteiger partial charge in [-0.25, -0.2) is 0 Å². The highest BCUT2D eigenvalue weighted by molar-refractivity contribution is 7.10. The molecule has 2 aromatic rings. The molecule has 2 amide bonds. The number of carbonyl (C=O) groups is 2. The van der Waals surface area contributed by atoms with Gasteiger partial charge in [-0.1, -0.05) is 6.58 Å². The van der Waals surface area contributed by atoms with Crippen molar-refractivity contribution in [1.29, 1.82) is 0 Å². The van der Waals surface area contributed by atoms with Crippen LogP contribution in [0.4, 0.5) is 16.8 Å². The van der Waals surface area contributed by atoms with Crippen LogP contribution in [0.25, 0.3) is 0 Å². The molecule has 0 spiro atoms. The summed E-state index contributed by atoms with van der Waals surface area (Å²) in [5.41, 5.74) is 6.19. The average Bonchev–Trinajstić information content (AvgIpc) is 3.06. The standard InChI is InChI=1S/C17H22N8O2S/c1-3-12(26)19-10-5-4-6-11(8-10)20-17-22-16(14(15(18)27)23-24-17)21-13-7-9(2)25-28-13/h3,7,10-11H,1,4-6,8H2,2H3,(H2,18,27)(H,19,26)(H2,20,21,22,24)/t10?,11-/m1/s1. The molecule has 0 bridgehead atoms. The van der Waals surface area contributed by atoms with Crippen molar-refractivity contribution >= 4 is 40.1 Å². The predicted molar refractivity (Wildman–Crippen MR) is 106 cm³/mol. The lowest BCUT2D eigenvalue weighted by Crippen LogP contribution is -2.41. The smallest absolute Gasteiger partial charge is 0.273 e. The molecule has 0 saturated heterocycles. The van der Waals surface area contributed by atoms with Crippen LogP contribution in [-0.4, -0.2) is 43.5 Å². The average molecular weight is 402 g/mol. The molecule has 1 saturated carbocycles. The fourth-order valence-electron chi connectivity index (χ4n) is 3.07. The summed E-state index contributed by atoms with van der Waals surface area (Å²) in [6.07, 6.45) is 4.79.